The highest BCUT2D eigenvalue weighted by Gasteiger charge is 2.04. The number of nitro groups is 1. The standard InChI is InChI=1S/C12H9NO2S.H3O3P/c14-13(15)10-6-8-12(9-7-10)16-11-4-2-1-3-5-11;1-4(2)3/h1-9H;4H,(H2,1,2,3). The van der Waals surface area contributed by atoms with Crippen LogP contribution in [0.15, 0.2) is 64.4 Å². The zero-order valence-corrected chi connectivity index (χ0v) is 12.0. The minimum absolute atomic E-state index is 0.123. The van der Waals surface area contributed by atoms with E-state index in [9.17, 15) is 10.1 Å². The number of nitro benzene ring substituents is 1. The number of nitrogens with zero attached hydrogens (tertiary/aromatic N) is 1. The van der Waals surface area contributed by atoms with Crippen LogP contribution in [0.4, 0.5) is 5.69 Å². The van der Waals surface area contributed by atoms with E-state index in [1.807, 2.05) is 30.3 Å². The largest absolute Gasteiger partial charge is 0.326 e. The number of hydrogen-bond acceptors (Lipinski definition) is 4. The van der Waals surface area contributed by atoms with E-state index >= 15 is 0 Å². The van der Waals surface area contributed by atoms with Gasteiger partial charge in [0.1, 0.15) is 0 Å². The molecule has 6 nitrogen and oxygen atoms in total. The molecule has 0 fully saturated rings. The van der Waals surface area contributed by atoms with Crippen molar-refractivity contribution in [2.75, 3.05) is 0 Å². The van der Waals surface area contributed by atoms with Gasteiger partial charge in [-0.05, 0) is 24.3 Å². The van der Waals surface area contributed by atoms with Gasteiger partial charge in [0, 0.05) is 21.9 Å². The first-order valence-electron chi connectivity index (χ1n) is 5.38. The van der Waals surface area contributed by atoms with Gasteiger partial charge in [0.15, 0.2) is 0 Å². The first-order valence-corrected chi connectivity index (χ1v) is 7.50. The summed E-state index contributed by atoms with van der Waals surface area (Å²) in [6.07, 6.45) is 0. The Morgan fingerprint density at radius 2 is 1.40 bits per heavy atom. The predicted molar refractivity (Wildman–Crippen MR) is 77.1 cm³/mol. The van der Waals surface area contributed by atoms with Crippen LogP contribution < -0.4 is 0 Å². The van der Waals surface area contributed by atoms with Gasteiger partial charge in [-0.2, -0.15) is 0 Å². The molecule has 0 saturated heterocycles. The topological polar surface area (TPSA) is 101 Å². The molecular formula is C12H12NO5PS. The van der Waals surface area contributed by atoms with E-state index in [1.54, 1.807) is 23.9 Å². The van der Waals surface area contributed by atoms with Crippen LogP contribution in [0.3, 0.4) is 0 Å². The summed E-state index contributed by atoms with van der Waals surface area (Å²) in [7, 11) is -3.13. The molecule has 2 aromatic rings. The Morgan fingerprint density at radius 1 is 0.950 bits per heavy atom. The third kappa shape index (κ3) is 6.49. The lowest BCUT2D eigenvalue weighted by molar-refractivity contribution is -0.384. The van der Waals surface area contributed by atoms with Crippen molar-refractivity contribution in [2.45, 2.75) is 9.79 Å². The van der Waals surface area contributed by atoms with Crippen molar-refractivity contribution < 1.29 is 19.3 Å². The molecule has 0 radical (unpaired) electrons. The summed E-state index contributed by atoms with van der Waals surface area (Å²) in [5, 5.41) is 10.5. The van der Waals surface area contributed by atoms with Crippen LogP contribution >= 0.6 is 20.0 Å². The van der Waals surface area contributed by atoms with Gasteiger partial charge in [0.25, 0.3) is 5.69 Å². The Hall–Kier alpha value is -1.66. The molecule has 0 aromatic heterocycles. The second kappa shape index (κ2) is 8.50. The average Bonchev–Trinajstić information content (AvgIpc) is 2.40. The van der Waals surface area contributed by atoms with Crippen molar-refractivity contribution in [1.82, 2.24) is 0 Å². The number of benzene rings is 2. The Kier molecular flexibility index (Phi) is 6.97. The summed E-state index contributed by atoms with van der Waals surface area (Å²) < 4.78 is 8.74. The lowest BCUT2D eigenvalue weighted by Crippen LogP contribution is -1.86. The molecule has 0 spiro atoms. The van der Waals surface area contributed by atoms with Gasteiger partial charge >= 0.3 is 8.25 Å². The summed E-state index contributed by atoms with van der Waals surface area (Å²) in [5.74, 6) is 0. The van der Waals surface area contributed by atoms with Crippen LogP contribution in [-0.2, 0) is 4.57 Å². The molecule has 0 bridgehead atoms. The summed E-state index contributed by atoms with van der Waals surface area (Å²) in [6.45, 7) is 0. The van der Waals surface area contributed by atoms with Gasteiger partial charge in [-0.3, -0.25) is 14.7 Å². The smallest absolute Gasteiger partial charge is 0.314 e. The molecule has 0 aliphatic heterocycles. The molecule has 0 heterocycles. The first-order chi connectivity index (χ1) is 9.49. The number of hydrogen-bond donors (Lipinski definition) is 2. The first kappa shape index (κ1) is 16.4. The highest BCUT2D eigenvalue weighted by Crippen LogP contribution is 2.28. The van der Waals surface area contributed by atoms with Crippen LogP contribution in [0.2, 0.25) is 0 Å². The molecule has 0 unspecified atom stereocenters. The van der Waals surface area contributed by atoms with Crippen molar-refractivity contribution in [3.8, 4) is 0 Å². The lowest BCUT2D eigenvalue weighted by atomic mass is 10.3. The molecule has 0 aliphatic carbocycles. The molecular weight excluding hydrogens is 301 g/mol. The number of non-ortho nitro benzene ring substituents is 1. The van der Waals surface area contributed by atoms with Gasteiger partial charge in [-0.25, -0.2) is 0 Å². The van der Waals surface area contributed by atoms with E-state index in [4.69, 9.17) is 14.4 Å². The highest BCUT2D eigenvalue weighted by molar-refractivity contribution is 7.99. The van der Waals surface area contributed by atoms with Gasteiger partial charge < -0.3 is 9.79 Å². The summed E-state index contributed by atoms with van der Waals surface area (Å²) in [4.78, 5) is 26.5. The van der Waals surface area contributed by atoms with Gasteiger partial charge in [0.05, 0.1) is 4.92 Å². The molecule has 2 aromatic carbocycles. The van der Waals surface area contributed by atoms with E-state index in [2.05, 4.69) is 0 Å². The fourth-order valence-electron chi connectivity index (χ4n) is 1.26. The van der Waals surface area contributed by atoms with Crippen LogP contribution in [0.1, 0.15) is 0 Å². The van der Waals surface area contributed by atoms with Crippen LogP contribution in [0.5, 0.6) is 0 Å². The molecule has 8 heteroatoms. The van der Waals surface area contributed by atoms with Crippen molar-refractivity contribution in [3.05, 3.63) is 64.7 Å². The molecule has 0 saturated carbocycles. The zero-order chi connectivity index (χ0) is 15.0. The molecule has 0 atom stereocenters. The third-order valence-corrected chi connectivity index (χ3v) is 3.04. The average molecular weight is 313 g/mol. The fourth-order valence-corrected chi connectivity index (χ4v) is 2.10. The fraction of sp³-hybridized carbons (Fsp3) is 0. The Labute approximate surface area is 120 Å². The van der Waals surface area contributed by atoms with Gasteiger partial charge in [0.2, 0.25) is 0 Å². The SMILES string of the molecule is O=[N+]([O-])c1ccc(Sc2ccccc2)cc1.O=[PH](O)O. The predicted octanol–water partition coefficient (Wildman–Crippen LogP) is 3.11. The van der Waals surface area contributed by atoms with Crippen molar-refractivity contribution in [2.24, 2.45) is 0 Å². The van der Waals surface area contributed by atoms with E-state index in [-0.39, 0.29) is 5.69 Å². The second-order valence-electron chi connectivity index (χ2n) is 3.45. The Morgan fingerprint density at radius 3 is 1.85 bits per heavy atom. The maximum absolute atomic E-state index is 10.5. The molecule has 2 rings (SSSR count). The molecule has 2 N–H and O–H groups in total. The molecule has 106 valence electrons. The van der Waals surface area contributed by atoms with E-state index < -0.39 is 13.2 Å². The van der Waals surface area contributed by atoms with E-state index in [1.165, 1.54) is 12.1 Å². The third-order valence-electron chi connectivity index (χ3n) is 2.03. The summed E-state index contributed by atoms with van der Waals surface area (Å²) in [5.41, 5.74) is 0.123. The minimum Gasteiger partial charge on any atom is -0.326 e. The maximum atomic E-state index is 10.5. The van der Waals surface area contributed by atoms with Crippen LogP contribution in [-0.4, -0.2) is 14.7 Å². The lowest BCUT2D eigenvalue weighted by Gasteiger charge is -2.00. The van der Waals surface area contributed by atoms with E-state index in [0.717, 1.165) is 9.79 Å². The van der Waals surface area contributed by atoms with Crippen molar-refractivity contribution in [3.63, 3.8) is 0 Å². The normalized spacial score (nSPS) is 9.75. The Bertz CT molecular complexity index is 572. The second-order valence-corrected chi connectivity index (χ2v) is 5.16. The van der Waals surface area contributed by atoms with Gasteiger partial charge in [-0.1, -0.05) is 30.0 Å². The monoisotopic (exact) mass is 313 g/mol. The van der Waals surface area contributed by atoms with Crippen molar-refractivity contribution >= 4 is 25.7 Å². The summed E-state index contributed by atoms with van der Waals surface area (Å²) >= 11 is 1.59. The van der Waals surface area contributed by atoms with Crippen molar-refractivity contribution in [1.29, 1.82) is 0 Å². The zero-order valence-electron chi connectivity index (χ0n) is 10.2. The maximum Gasteiger partial charge on any atom is 0.314 e. The van der Waals surface area contributed by atoms with Crippen LogP contribution in [0.25, 0.3) is 0 Å². The quantitative estimate of drug-likeness (QED) is 0.513. The Balaban J connectivity index is 0.000000444. The van der Waals surface area contributed by atoms with Gasteiger partial charge in [-0.15, -0.1) is 0 Å². The molecule has 20 heavy (non-hydrogen) atoms. The number of rotatable bonds is 3. The summed E-state index contributed by atoms with van der Waals surface area (Å²) in [6, 6.07) is 16.5. The molecule has 0 amide bonds. The molecule has 0 aliphatic rings. The minimum atomic E-state index is -3.13. The highest BCUT2D eigenvalue weighted by atomic mass is 32.2. The van der Waals surface area contributed by atoms with Crippen LogP contribution in [0, 0.1) is 10.1 Å². The van der Waals surface area contributed by atoms with E-state index in [0.29, 0.717) is 0 Å².